The van der Waals surface area contributed by atoms with E-state index in [1.807, 2.05) is 6.07 Å². The van der Waals surface area contributed by atoms with Crippen molar-refractivity contribution in [3.63, 3.8) is 0 Å². The van der Waals surface area contributed by atoms with E-state index in [0.29, 0.717) is 49.1 Å². The minimum Gasteiger partial charge on any atom is -0.383 e. The number of carbonyl (C=O) groups excluding carboxylic acids is 1. The lowest BCUT2D eigenvalue weighted by atomic mass is 10.2. The lowest BCUT2D eigenvalue weighted by Crippen LogP contribution is -2.28. The molecule has 0 aliphatic rings. The summed E-state index contributed by atoms with van der Waals surface area (Å²) in [6.07, 6.45) is 1.41. The van der Waals surface area contributed by atoms with Crippen LogP contribution in [-0.2, 0) is 11.2 Å². The number of H-pyrrole nitrogens is 1. The number of fused-ring (bicyclic) bond motifs is 1. The molecule has 3 N–H and O–H groups in total. The molecule has 0 aliphatic carbocycles. The molecule has 0 bridgehead atoms. The average molecular weight is 395 g/mol. The molecule has 0 saturated heterocycles. The molecule has 0 fully saturated rings. The first-order valence-electron chi connectivity index (χ1n) is 9.26. The SMILES string of the molecule is O=C(CCCc1nc2ccccc2c(=O)[nH]1)NCCNc1ccc([N+](=O)[O-])cc1. The van der Waals surface area contributed by atoms with E-state index in [4.69, 9.17) is 0 Å². The number of rotatable bonds is 9. The third kappa shape index (κ3) is 5.61. The Morgan fingerprint density at radius 1 is 1.10 bits per heavy atom. The molecule has 1 aromatic heterocycles. The minimum absolute atomic E-state index is 0.0334. The first kappa shape index (κ1) is 20.0. The maximum absolute atomic E-state index is 12.0. The highest BCUT2D eigenvalue weighted by atomic mass is 16.6. The van der Waals surface area contributed by atoms with Crippen molar-refractivity contribution in [1.29, 1.82) is 0 Å². The minimum atomic E-state index is -0.451. The van der Waals surface area contributed by atoms with Crippen LogP contribution in [0.5, 0.6) is 0 Å². The summed E-state index contributed by atoms with van der Waals surface area (Å²) in [5.41, 5.74) is 1.25. The summed E-state index contributed by atoms with van der Waals surface area (Å²) in [5, 5.41) is 17.1. The van der Waals surface area contributed by atoms with Crippen LogP contribution in [0.1, 0.15) is 18.7 Å². The summed E-state index contributed by atoms with van der Waals surface area (Å²) < 4.78 is 0. The smallest absolute Gasteiger partial charge is 0.269 e. The fourth-order valence-corrected chi connectivity index (χ4v) is 2.87. The van der Waals surface area contributed by atoms with Crippen molar-refractivity contribution in [2.45, 2.75) is 19.3 Å². The predicted molar refractivity (Wildman–Crippen MR) is 110 cm³/mol. The molecule has 3 aromatic rings. The number of nitrogens with zero attached hydrogens (tertiary/aromatic N) is 2. The number of nitrogens with one attached hydrogen (secondary N) is 3. The molecule has 2 aromatic carbocycles. The van der Waals surface area contributed by atoms with Crippen molar-refractivity contribution in [3.05, 3.63) is 74.8 Å². The van der Waals surface area contributed by atoms with Crippen LogP contribution in [0, 0.1) is 10.1 Å². The predicted octanol–water partition coefficient (Wildman–Crippen LogP) is 2.38. The molecule has 0 atom stereocenters. The standard InChI is InChI=1S/C20H21N5O4/c26-19(22-13-12-21-14-8-10-15(11-9-14)25(28)29)7-3-6-18-23-17-5-2-1-4-16(17)20(27)24-18/h1-2,4-5,8-11,21H,3,6-7,12-13H2,(H,22,26)(H,23,24,27). The number of hydrogen-bond acceptors (Lipinski definition) is 6. The number of carbonyl (C=O) groups is 1. The normalized spacial score (nSPS) is 10.6. The fourth-order valence-electron chi connectivity index (χ4n) is 2.87. The van der Waals surface area contributed by atoms with E-state index in [1.165, 1.54) is 12.1 Å². The number of aromatic amines is 1. The second-order valence-electron chi connectivity index (χ2n) is 6.46. The quantitative estimate of drug-likeness (QED) is 0.290. The van der Waals surface area contributed by atoms with E-state index in [2.05, 4.69) is 20.6 Å². The Morgan fingerprint density at radius 3 is 2.62 bits per heavy atom. The molecule has 0 aliphatic heterocycles. The highest BCUT2D eigenvalue weighted by Crippen LogP contribution is 2.14. The van der Waals surface area contributed by atoms with Gasteiger partial charge in [-0.15, -0.1) is 0 Å². The number of nitro groups is 1. The summed E-state index contributed by atoms with van der Waals surface area (Å²) in [5.74, 6) is 0.486. The Balaban J connectivity index is 1.37. The van der Waals surface area contributed by atoms with E-state index < -0.39 is 4.92 Å². The molecule has 29 heavy (non-hydrogen) atoms. The summed E-state index contributed by atoms with van der Waals surface area (Å²) in [7, 11) is 0. The monoisotopic (exact) mass is 395 g/mol. The van der Waals surface area contributed by atoms with Crippen molar-refractivity contribution >= 4 is 28.2 Å². The van der Waals surface area contributed by atoms with Gasteiger partial charge in [-0.3, -0.25) is 19.7 Å². The van der Waals surface area contributed by atoms with E-state index in [9.17, 15) is 19.7 Å². The molecule has 0 spiro atoms. The third-order valence-corrected chi connectivity index (χ3v) is 4.33. The summed E-state index contributed by atoms with van der Waals surface area (Å²) >= 11 is 0. The number of aromatic nitrogens is 2. The van der Waals surface area contributed by atoms with Gasteiger partial charge >= 0.3 is 0 Å². The van der Waals surface area contributed by atoms with Crippen LogP contribution in [0.4, 0.5) is 11.4 Å². The maximum Gasteiger partial charge on any atom is 0.269 e. The van der Waals surface area contributed by atoms with Gasteiger partial charge in [0.25, 0.3) is 11.2 Å². The Kier molecular flexibility index (Phi) is 6.51. The second kappa shape index (κ2) is 9.45. The number of benzene rings is 2. The number of para-hydroxylation sites is 1. The molecule has 9 heteroatoms. The zero-order valence-corrected chi connectivity index (χ0v) is 15.7. The molecule has 1 amide bonds. The van der Waals surface area contributed by atoms with Crippen LogP contribution in [0.25, 0.3) is 10.9 Å². The molecule has 0 radical (unpaired) electrons. The number of hydrogen-bond donors (Lipinski definition) is 3. The van der Waals surface area contributed by atoms with Gasteiger partial charge in [-0.2, -0.15) is 0 Å². The average Bonchev–Trinajstić information content (AvgIpc) is 2.71. The topological polar surface area (TPSA) is 130 Å². The van der Waals surface area contributed by atoms with Crippen LogP contribution in [0.3, 0.4) is 0 Å². The van der Waals surface area contributed by atoms with Crippen LogP contribution in [-0.4, -0.2) is 33.9 Å². The maximum atomic E-state index is 12.0. The van der Waals surface area contributed by atoms with Crippen LogP contribution < -0.4 is 16.2 Å². The van der Waals surface area contributed by atoms with Gasteiger partial charge in [-0.25, -0.2) is 4.98 Å². The summed E-state index contributed by atoms with van der Waals surface area (Å²) in [6.45, 7) is 0.935. The first-order valence-corrected chi connectivity index (χ1v) is 9.26. The second-order valence-corrected chi connectivity index (χ2v) is 6.46. The zero-order chi connectivity index (χ0) is 20.6. The van der Waals surface area contributed by atoms with Gasteiger partial charge in [-0.1, -0.05) is 12.1 Å². The lowest BCUT2D eigenvalue weighted by molar-refractivity contribution is -0.384. The van der Waals surface area contributed by atoms with E-state index >= 15 is 0 Å². The number of aryl methyl sites for hydroxylation is 1. The van der Waals surface area contributed by atoms with Crippen LogP contribution in [0.15, 0.2) is 53.3 Å². The summed E-state index contributed by atoms with van der Waals surface area (Å²) in [4.78, 5) is 41.3. The Labute approximate surface area is 166 Å². The molecule has 9 nitrogen and oxygen atoms in total. The molecule has 0 saturated carbocycles. The highest BCUT2D eigenvalue weighted by molar-refractivity contribution is 5.77. The van der Waals surface area contributed by atoms with Gasteiger partial charge in [0.05, 0.1) is 15.8 Å². The molecule has 0 unspecified atom stereocenters. The van der Waals surface area contributed by atoms with Gasteiger partial charge < -0.3 is 15.6 Å². The zero-order valence-electron chi connectivity index (χ0n) is 15.7. The Hall–Kier alpha value is -3.75. The largest absolute Gasteiger partial charge is 0.383 e. The molecule has 3 rings (SSSR count). The van der Waals surface area contributed by atoms with Crippen LogP contribution >= 0.6 is 0 Å². The Morgan fingerprint density at radius 2 is 1.86 bits per heavy atom. The molecule has 1 heterocycles. The highest BCUT2D eigenvalue weighted by Gasteiger charge is 2.06. The number of nitro benzene ring substituents is 1. The van der Waals surface area contributed by atoms with Gasteiger partial charge in [0.1, 0.15) is 5.82 Å². The van der Waals surface area contributed by atoms with Crippen molar-refractivity contribution in [3.8, 4) is 0 Å². The molecule has 150 valence electrons. The van der Waals surface area contributed by atoms with Gasteiger partial charge in [0.15, 0.2) is 0 Å². The number of anilines is 1. The Bertz CT molecular complexity index is 1060. The molecular formula is C20H21N5O4. The number of amides is 1. The number of non-ortho nitro benzene ring substituents is 1. The van der Waals surface area contributed by atoms with E-state index in [-0.39, 0.29) is 17.2 Å². The van der Waals surface area contributed by atoms with Gasteiger partial charge in [0.2, 0.25) is 5.91 Å². The lowest BCUT2D eigenvalue weighted by Gasteiger charge is -2.08. The van der Waals surface area contributed by atoms with Crippen molar-refractivity contribution in [2.24, 2.45) is 0 Å². The molecular weight excluding hydrogens is 374 g/mol. The summed E-state index contributed by atoms with van der Waals surface area (Å²) in [6, 6.07) is 13.2. The third-order valence-electron chi connectivity index (χ3n) is 4.33. The van der Waals surface area contributed by atoms with E-state index in [1.54, 1.807) is 30.3 Å². The van der Waals surface area contributed by atoms with Crippen molar-refractivity contribution < 1.29 is 9.72 Å². The van der Waals surface area contributed by atoms with Crippen molar-refractivity contribution in [1.82, 2.24) is 15.3 Å². The fraction of sp³-hybridized carbons (Fsp3) is 0.250. The van der Waals surface area contributed by atoms with Crippen molar-refractivity contribution in [2.75, 3.05) is 18.4 Å². The van der Waals surface area contributed by atoms with Gasteiger partial charge in [-0.05, 0) is 30.7 Å². The first-order chi connectivity index (χ1) is 14.0. The van der Waals surface area contributed by atoms with E-state index in [0.717, 1.165) is 5.69 Å². The van der Waals surface area contributed by atoms with Gasteiger partial charge in [0, 0.05) is 43.8 Å². The van der Waals surface area contributed by atoms with Crippen LogP contribution in [0.2, 0.25) is 0 Å².